The first-order chi connectivity index (χ1) is 10.0. The molecule has 1 spiro atoms. The van der Waals surface area contributed by atoms with Crippen LogP contribution >= 0.6 is 0 Å². The van der Waals surface area contributed by atoms with Crippen molar-refractivity contribution >= 4 is 0 Å². The highest BCUT2D eigenvalue weighted by Crippen LogP contribution is 2.53. The fraction of sp³-hybridized carbons (Fsp3) is 1.00. The van der Waals surface area contributed by atoms with Gasteiger partial charge < -0.3 is 9.80 Å². The molecule has 1 aliphatic heterocycles. The molecule has 124 valence electrons. The highest BCUT2D eigenvalue weighted by Gasteiger charge is 2.42. The lowest BCUT2D eigenvalue weighted by atomic mass is 9.59. The third-order valence-electron chi connectivity index (χ3n) is 6.87. The van der Waals surface area contributed by atoms with Crippen LogP contribution in [0.3, 0.4) is 0 Å². The fourth-order valence-electron chi connectivity index (χ4n) is 4.63. The summed E-state index contributed by atoms with van der Waals surface area (Å²) in [7, 11) is 4.36. The predicted octanol–water partition coefficient (Wildman–Crippen LogP) is 4.40. The van der Waals surface area contributed by atoms with E-state index < -0.39 is 0 Å². The third-order valence-corrected chi connectivity index (χ3v) is 6.87. The highest BCUT2D eigenvalue weighted by atomic mass is 15.1. The van der Waals surface area contributed by atoms with Crippen molar-refractivity contribution in [2.75, 3.05) is 40.3 Å². The van der Waals surface area contributed by atoms with Gasteiger partial charge in [0.15, 0.2) is 0 Å². The van der Waals surface area contributed by atoms with Gasteiger partial charge in [0.05, 0.1) is 0 Å². The molecule has 2 heteroatoms. The van der Waals surface area contributed by atoms with Crippen molar-refractivity contribution in [2.24, 2.45) is 10.8 Å². The van der Waals surface area contributed by atoms with E-state index in [4.69, 9.17) is 0 Å². The molecule has 0 unspecified atom stereocenters. The number of piperidine rings is 1. The average Bonchev–Trinajstić information content (AvgIpc) is 2.51. The van der Waals surface area contributed by atoms with Gasteiger partial charge in [-0.15, -0.1) is 0 Å². The Morgan fingerprint density at radius 1 is 0.857 bits per heavy atom. The smallest absolute Gasteiger partial charge is 0.000654 e. The van der Waals surface area contributed by atoms with Crippen molar-refractivity contribution in [2.45, 2.75) is 71.6 Å². The SMILES string of the molecule is CCC1(CC)CCC2(CCN(CCCN(C)C)CC2)CC1. The molecule has 0 radical (unpaired) electrons. The summed E-state index contributed by atoms with van der Waals surface area (Å²) < 4.78 is 0. The first kappa shape index (κ1) is 17.3. The Kier molecular flexibility index (Phi) is 6.14. The summed E-state index contributed by atoms with van der Waals surface area (Å²) in [6.45, 7) is 10.1. The van der Waals surface area contributed by atoms with Crippen molar-refractivity contribution in [1.29, 1.82) is 0 Å². The normalized spacial score (nSPS) is 25.6. The van der Waals surface area contributed by atoms with Crippen LogP contribution in [0.1, 0.15) is 71.6 Å². The lowest BCUT2D eigenvalue weighted by molar-refractivity contribution is 0.0148. The van der Waals surface area contributed by atoms with Gasteiger partial charge in [-0.1, -0.05) is 26.7 Å². The van der Waals surface area contributed by atoms with Gasteiger partial charge in [0.1, 0.15) is 0 Å². The summed E-state index contributed by atoms with van der Waals surface area (Å²) in [4.78, 5) is 5.03. The van der Waals surface area contributed by atoms with Crippen LogP contribution < -0.4 is 0 Å². The lowest BCUT2D eigenvalue weighted by Crippen LogP contribution is -2.44. The van der Waals surface area contributed by atoms with Gasteiger partial charge in [0, 0.05) is 0 Å². The molecule has 0 N–H and O–H groups in total. The van der Waals surface area contributed by atoms with Crippen LogP contribution in [-0.2, 0) is 0 Å². The van der Waals surface area contributed by atoms with Gasteiger partial charge in [-0.05, 0) is 96.1 Å². The maximum atomic E-state index is 2.72. The summed E-state index contributed by atoms with van der Waals surface area (Å²) in [6, 6.07) is 0. The molecule has 1 aliphatic carbocycles. The Morgan fingerprint density at radius 2 is 1.43 bits per heavy atom. The molecule has 0 aromatic carbocycles. The minimum absolute atomic E-state index is 0.702. The molecule has 1 saturated carbocycles. The number of likely N-dealkylation sites (tertiary alicyclic amines) is 1. The van der Waals surface area contributed by atoms with Gasteiger partial charge >= 0.3 is 0 Å². The zero-order valence-electron chi connectivity index (χ0n) is 15.1. The van der Waals surface area contributed by atoms with E-state index in [1.165, 1.54) is 84.0 Å². The Morgan fingerprint density at radius 3 is 1.90 bits per heavy atom. The number of hydrogen-bond acceptors (Lipinski definition) is 2. The standard InChI is InChI=1S/C19H38N2/c1-5-18(6-2)8-10-19(11-9-18)12-16-21(17-13-19)15-7-14-20(3)4/h5-17H2,1-4H3. The predicted molar refractivity (Wildman–Crippen MR) is 92.8 cm³/mol. The molecule has 0 atom stereocenters. The van der Waals surface area contributed by atoms with Crippen molar-refractivity contribution < 1.29 is 0 Å². The highest BCUT2D eigenvalue weighted by molar-refractivity contribution is 4.94. The van der Waals surface area contributed by atoms with Crippen LogP contribution in [0.4, 0.5) is 0 Å². The zero-order chi connectivity index (χ0) is 15.3. The molecule has 0 aromatic heterocycles. The van der Waals surface area contributed by atoms with E-state index in [0.717, 1.165) is 5.41 Å². The Bertz CT molecular complexity index is 287. The summed E-state index contributed by atoms with van der Waals surface area (Å²) in [6.07, 6.45) is 13.1. The van der Waals surface area contributed by atoms with E-state index in [1.807, 2.05) is 0 Å². The maximum Gasteiger partial charge on any atom is -0.000654 e. The van der Waals surface area contributed by atoms with Crippen molar-refractivity contribution in [3.63, 3.8) is 0 Å². The Hall–Kier alpha value is -0.0800. The Labute approximate surface area is 133 Å². The van der Waals surface area contributed by atoms with E-state index in [-0.39, 0.29) is 0 Å². The van der Waals surface area contributed by atoms with E-state index in [2.05, 4.69) is 37.7 Å². The van der Waals surface area contributed by atoms with Crippen LogP contribution in [0.25, 0.3) is 0 Å². The molecule has 0 bridgehead atoms. The van der Waals surface area contributed by atoms with E-state index in [9.17, 15) is 0 Å². The minimum Gasteiger partial charge on any atom is -0.309 e. The van der Waals surface area contributed by atoms with Crippen LogP contribution in [0.5, 0.6) is 0 Å². The molecule has 1 saturated heterocycles. The lowest BCUT2D eigenvalue weighted by Gasteiger charge is -2.50. The van der Waals surface area contributed by atoms with Crippen molar-refractivity contribution in [3.05, 3.63) is 0 Å². The van der Waals surface area contributed by atoms with Crippen LogP contribution in [0, 0.1) is 10.8 Å². The maximum absolute atomic E-state index is 2.72. The Balaban J connectivity index is 1.74. The summed E-state index contributed by atoms with van der Waals surface area (Å²) in [5.41, 5.74) is 1.43. The molecular formula is C19H38N2. The van der Waals surface area contributed by atoms with Crippen molar-refractivity contribution in [3.8, 4) is 0 Å². The minimum atomic E-state index is 0.702. The van der Waals surface area contributed by atoms with Gasteiger partial charge in [0.25, 0.3) is 0 Å². The third kappa shape index (κ3) is 4.45. The molecule has 2 rings (SSSR count). The number of nitrogens with zero attached hydrogens (tertiary/aromatic N) is 2. The molecule has 0 amide bonds. The fourth-order valence-corrected chi connectivity index (χ4v) is 4.63. The number of rotatable bonds is 6. The molecule has 2 aliphatic rings. The second-order valence-electron chi connectivity index (χ2n) is 8.21. The van der Waals surface area contributed by atoms with Crippen LogP contribution in [0.2, 0.25) is 0 Å². The van der Waals surface area contributed by atoms with Gasteiger partial charge in [0.2, 0.25) is 0 Å². The van der Waals surface area contributed by atoms with Crippen molar-refractivity contribution in [1.82, 2.24) is 9.80 Å². The first-order valence-corrected chi connectivity index (χ1v) is 9.40. The van der Waals surface area contributed by atoms with Gasteiger partial charge in [-0.3, -0.25) is 0 Å². The molecule has 0 aromatic rings. The number of hydrogen-bond donors (Lipinski definition) is 0. The van der Waals surface area contributed by atoms with Crippen LogP contribution in [-0.4, -0.2) is 50.1 Å². The second-order valence-corrected chi connectivity index (χ2v) is 8.21. The topological polar surface area (TPSA) is 6.48 Å². The monoisotopic (exact) mass is 294 g/mol. The first-order valence-electron chi connectivity index (χ1n) is 9.40. The summed E-state index contributed by atoms with van der Waals surface area (Å²) >= 11 is 0. The molecular weight excluding hydrogens is 256 g/mol. The quantitative estimate of drug-likeness (QED) is 0.716. The van der Waals surface area contributed by atoms with Gasteiger partial charge in [-0.2, -0.15) is 0 Å². The summed E-state index contributed by atoms with van der Waals surface area (Å²) in [5.74, 6) is 0. The summed E-state index contributed by atoms with van der Waals surface area (Å²) in [5, 5.41) is 0. The van der Waals surface area contributed by atoms with E-state index in [0.29, 0.717) is 5.41 Å². The van der Waals surface area contributed by atoms with E-state index >= 15 is 0 Å². The van der Waals surface area contributed by atoms with Gasteiger partial charge in [-0.25, -0.2) is 0 Å². The second kappa shape index (κ2) is 7.46. The van der Waals surface area contributed by atoms with E-state index in [1.54, 1.807) is 0 Å². The molecule has 2 nitrogen and oxygen atoms in total. The average molecular weight is 295 g/mol. The molecule has 1 heterocycles. The largest absolute Gasteiger partial charge is 0.309 e. The molecule has 21 heavy (non-hydrogen) atoms. The van der Waals surface area contributed by atoms with Crippen LogP contribution in [0.15, 0.2) is 0 Å². The zero-order valence-corrected chi connectivity index (χ0v) is 15.1. The molecule has 2 fully saturated rings.